The molecule has 0 bridgehead atoms. The third-order valence-electron chi connectivity index (χ3n) is 2.48. The van der Waals surface area contributed by atoms with Crippen LogP contribution in [0.15, 0.2) is 28.8 Å². The van der Waals surface area contributed by atoms with E-state index in [-0.39, 0.29) is 22.8 Å². The summed E-state index contributed by atoms with van der Waals surface area (Å²) >= 11 is 0. The van der Waals surface area contributed by atoms with Gasteiger partial charge in [0.2, 0.25) is 5.88 Å². The molecule has 20 heavy (non-hydrogen) atoms. The molecule has 9 nitrogen and oxygen atoms in total. The van der Waals surface area contributed by atoms with Crippen molar-refractivity contribution in [2.24, 2.45) is 5.84 Å². The van der Waals surface area contributed by atoms with Gasteiger partial charge in [-0.3, -0.25) is 26.1 Å². The first-order valence-corrected chi connectivity index (χ1v) is 5.51. The van der Waals surface area contributed by atoms with Crippen molar-refractivity contribution < 1.29 is 14.2 Å². The van der Waals surface area contributed by atoms with Crippen molar-refractivity contribution in [3.8, 4) is 0 Å². The number of nitrogens with one attached hydrogen (secondary N) is 2. The molecule has 0 radical (unpaired) electrons. The van der Waals surface area contributed by atoms with Crippen molar-refractivity contribution in [3.63, 3.8) is 0 Å². The summed E-state index contributed by atoms with van der Waals surface area (Å²) in [6.07, 6.45) is 0. The fourth-order valence-electron chi connectivity index (χ4n) is 1.56. The minimum Gasteiger partial charge on any atom is -0.338 e. The Hall–Kier alpha value is -2.94. The number of carbonyl (C=O) groups is 1. The van der Waals surface area contributed by atoms with Crippen molar-refractivity contribution >= 4 is 23.2 Å². The van der Waals surface area contributed by atoms with Gasteiger partial charge < -0.3 is 9.95 Å². The number of carbonyl (C=O) groups excluding carboxylic acids is 1. The fourth-order valence-corrected chi connectivity index (χ4v) is 1.56. The zero-order valence-electron chi connectivity index (χ0n) is 10.4. The van der Waals surface area contributed by atoms with Gasteiger partial charge in [-0.05, 0) is 13.0 Å². The van der Waals surface area contributed by atoms with Crippen molar-refractivity contribution in [2.45, 2.75) is 6.92 Å². The first-order chi connectivity index (χ1) is 9.51. The molecule has 0 saturated heterocycles. The molecule has 2 rings (SSSR count). The summed E-state index contributed by atoms with van der Waals surface area (Å²) in [5.41, 5.74) is 2.96. The SMILES string of the molecule is Cc1cc(NC(=O)c2cc([N+](=O)[O-])ccc2NN)on1. The second-order valence-electron chi connectivity index (χ2n) is 3.92. The minimum absolute atomic E-state index is 0.0238. The average molecular weight is 277 g/mol. The van der Waals surface area contributed by atoms with Gasteiger partial charge in [-0.25, -0.2) is 0 Å². The Morgan fingerprint density at radius 2 is 2.20 bits per heavy atom. The van der Waals surface area contributed by atoms with Crippen LogP contribution in [0.4, 0.5) is 17.3 Å². The van der Waals surface area contributed by atoms with Crippen LogP contribution in [0.2, 0.25) is 0 Å². The van der Waals surface area contributed by atoms with E-state index in [1.165, 1.54) is 18.2 Å². The number of nitrogen functional groups attached to an aromatic ring is 1. The van der Waals surface area contributed by atoms with Crippen LogP contribution in [0.1, 0.15) is 16.1 Å². The highest BCUT2D eigenvalue weighted by atomic mass is 16.6. The normalized spacial score (nSPS) is 10.1. The van der Waals surface area contributed by atoms with Gasteiger partial charge in [0.05, 0.1) is 21.9 Å². The summed E-state index contributed by atoms with van der Waals surface area (Å²) in [5, 5.41) is 16.8. The van der Waals surface area contributed by atoms with E-state index in [4.69, 9.17) is 10.4 Å². The minimum atomic E-state index is -0.602. The Morgan fingerprint density at radius 3 is 2.75 bits per heavy atom. The molecule has 0 fully saturated rings. The van der Waals surface area contributed by atoms with Crippen LogP contribution in [0.3, 0.4) is 0 Å². The lowest BCUT2D eigenvalue weighted by atomic mass is 10.1. The Labute approximate surface area is 112 Å². The predicted octanol–water partition coefficient (Wildman–Crippen LogP) is 1.43. The van der Waals surface area contributed by atoms with E-state index in [9.17, 15) is 14.9 Å². The number of nitro groups is 1. The predicted molar refractivity (Wildman–Crippen MR) is 70.1 cm³/mol. The molecule has 9 heteroatoms. The Bertz CT molecular complexity index is 667. The number of amides is 1. The highest BCUT2D eigenvalue weighted by molar-refractivity contribution is 6.07. The zero-order chi connectivity index (χ0) is 14.7. The van der Waals surface area contributed by atoms with E-state index < -0.39 is 10.8 Å². The largest absolute Gasteiger partial charge is 0.338 e. The van der Waals surface area contributed by atoms with E-state index >= 15 is 0 Å². The van der Waals surface area contributed by atoms with Crippen LogP contribution < -0.4 is 16.6 Å². The molecule has 0 spiro atoms. The number of non-ortho nitro benzene ring substituents is 1. The number of hydrogen-bond acceptors (Lipinski definition) is 7. The summed E-state index contributed by atoms with van der Waals surface area (Å²) in [5.74, 6) is 4.82. The van der Waals surface area contributed by atoms with E-state index in [1.807, 2.05) is 0 Å². The second-order valence-corrected chi connectivity index (χ2v) is 3.92. The summed E-state index contributed by atoms with van der Waals surface area (Å²) in [6, 6.07) is 5.22. The summed E-state index contributed by atoms with van der Waals surface area (Å²) in [7, 11) is 0. The van der Waals surface area contributed by atoms with Gasteiger partial charge in [0.1, 0.15) is 0 Å². The first kappa shape index (κ1) is 13.5. The number of nitrogens with two attached hydrogens (primary N) is 1. The van der Waals surface area contributed by atoms with Crippen LogP contribution in [-0.2, 0) is 0 Å². The number of nitro benzene ring substituents is 1. The molecular weight excluding hydrogens is 266 g/mol. The van der Waals surface area contributed by atoms with Crippen LogP contribution in [-0.4, -0.2) is 16.0 Å². The number of hydrazine groups is 1. The van der Waals surface area contributed by atoms with Crippen molar-refractivity contribution in [2.75, 3.05) is 10.7 Å². The van der Waals surface area contributed by atoms with Gasteiger partial charge >= 0.3 is 0 Å². The van der Waals surface area contributed by atoms with Crippen molar-refractivity contribution in [1.29, 1.82) is 0 Å². The Kier molecular flexibility index (Phi) is 3.62. The topological polar surface area (TPSA) is 136 Å². The third-order valence-corrected chi connectivity index (χ3v) is 2.48. The standard InChI is InChI=1S/C11H11N5O4/c1-6-4-10(20-15-6)13-11(17)8-5-7(16(18)19)2-3-9(8)14-12/h2-5,14H,12H2,1H3,(H,13,17). The zero-order valence-corrected chi connectivity index (χ0v) is 10.4. The second kappa shape index (κ2) is 5.36. The van der Waals surface area contributed by atoms with E-state index in [1.54, 1.807) is 6.92 Å². The smallest absolute Gasteiger partial charge is 0.270 e. The molecule has 1 heterocycles. The quantitative estimate of drug-likeness (QED) is 0.436. The van der Waals surface area contributed by atoms with Gasteiger partial charge in [-0.1, -0.05) is 5.16 Å². The number of rotatable bonds is 4. The maximum atomic E-state index is 12.1. The summed E-state index contributed by atoms with van der Waals surface area (Å²) < 4.78 is 4.84. The molecule has 0 atom stereocenters. The summed E-state index contributed by atoms with van der Waals surface area (Å²) in [4.78, 5) is 22.2. The fraction of sp³-hybridized carbons (Fsp3) is 0.0909. The van der Waals surface area contributed by atoms with Gasteiger partial charge in [-0.15, -0.1) is 0 Å². The average Bonchev–Trinajstić information content (AvgIpc) is 2.83. The monoisotopic (exact) mass is 277 g/mol. The number of nitrogens with zero attached hydrogens (tertiary/aromatic N) is 2. The number of aryl methyl sites for hydroxylation is 1. The molecule has 104 valence electrons. The molecule has 0 aliphatic carbocycles. The Morgan fingerprint density at radius 1 is 1.45 bits per heavy atom. The maximum Gasteiger partial charge on any atom is 0.270 e. The molecule has 0 aliphatic rings. The van der Waals surface area contributed by atoms with Crippen LogP contribution in [0.5, 0.6) is 0 Å². The van der Waals surface area contributed by atoms with Crippen molar-refractivity contribution in [3.05, 3.63) is 45.6 Å². The first-order valence-electron chi connectivity index (χ1n) is 5.51. The number of hydrogen-bond donors (Lipinski definition) is 3. The lowest BCUT2D eigenvalue weighted by Crippen LogP contribution is -2.17. The molecule has 1 aromatic carbocycles. The number of aromatic nitrogens is 1. The maximum absolute atomic E-state index is 12.1. The number of benzene rings is 1. The van der Waals surface area contributed by atoms with Crippen molar-refractivity contribution in [1.82, 2.24) is 5.16 Å². The molecule has 0 saturated carbocycles. The van der Waals surface area contributed by atoms with Gasteiger partial charge in [-0.2, -0.15) is 0 Å². The molecule has 1 aromatic heterocycles. The van der Waals surface area contributed by atoms with E-state index in [2.05, 4.69) is 15.9 Å². The summed E-state index contributed by atoms with van der Waals surface area (Å²) in [6.45, 7) is 1.69. The van der Waals surface area contributed by atoms with Crippen LogP contribution in [0, 0.1) is 17.0 Å². The molecule has 0 aliphatic heterocycles. The molecule has 0 unspecified atom stereocenters. The highest BCUT2D eigenvalue weighted by Crippen LogP contribution is 2.22. The molecule has 4 N–H and O–H groups in total. The molecule has 2 aromatic rings. The lowest BCUT2D eigenvalue weighted by molar-refractivity contribution is -0.384. The van der Waals surface area contributed by atoms with Gasteiger partial charge in [0.25, 0.3) is 11.6 Å². The number of anilines is 2. The van der Waals surface area contributed by atoms with Crippen LogP contribution in [0.25, 0.3) is 0 Å². The molecule has 1 amide bonds. The third kappa shape index (κ3) is 2.72. The van der Waals surface area contributed by atoms with Gasteiger partial charge in [0.15, 0.2) is 0 Å². The highest BCUT2D eigenvalue weighted by Gasteiger charge is 2.17. The van der Waals surface area contributed by atoms with E-state index in [0.717, 1.165) is 6.07 Å². The lowest BCUT2D eigenvalue weighted by Gasteiger charge is -2.07. The molecular formula is C11H11N5O4. The van der Waals surface area contributed by atoms with Crippen LogP contribution >= 0.6 is 0 Å². The Balaban J connectivity index is 2.32. The van der Waals surface area contributed by atoms with Gasteiger partial charge in [0, 0.05) is 18.2 Å². The van der Waals surface area contributed by atoms with E-state index in [0.29, 0.717) is 5.69 Å².